The number of sulfonamides is 1. The van der Waals surface area contributed by atoms with Crippen molar-refractivity contribution in [1.82, 2.24) is 5.32 Å². The molecule has 2 aliphatic heterocycles. The molecule has 1 N–H and O–H groups in total. The molecule has 0 radical (unpaired) electrons. The maximum atomic E-state index is 14.4. The maximum absolute atomic E-state index is 14.4. The van der Waals surface area contributed by atoms with Gasteiger partial charge < -0.3 is 10.1 Å². The molecule has 1 saturated carbocycles. The molecule has 1 spiro atoms. The molecule has 226 valence electrons. The summed E-state index contributed by atoms with van der Waals surface area (Å²) < 4.78 is 60.3. The van der Waals surface area contributed by atoms with Crippen molar-refractivity contribution in [2.45, 2.75) is 48.6 Å². The van der Waals surface area contributed by atoms with E-state index in [-0.39, 0.29) is 53.2 Å². The number of ether oxygens (including phenoxy) is 1. The van der Waals surface area contributed by atoms with Gasteiger partial charge in [-0.05, 0) is 85.2 Å². The monoisotopic (exact) mass is 642 g/mol. The third-order valence-electron chi connectivity index (χ3n) is 8.85. The third kappa shape index (κ3) is 5.32. The summed E-state index contributed by atoms with van der Waals surface area (Å²) in [5, 5.41) is 3.42. The van der Waals surface area contributed by atoms with Crippen LogP contribution in [-0.4, -0.2) is 53.4 Å². The predicted octanol–water partition coefficient (Wildman–Crippen LogP) is 4.49. The summed E-state index contributed by atoms with van der Waals surface area (Å²) in [5.74, 6) is -1.10. The topological polar surface area (TPSA) is 127 Å². The van der Waals surface area contributed by atoms with E-state index in [9.17, 15) is 26.4 Å². The van der Waals surface area contributed by atoms with Crippen molar-refractivity contribution in [3.05, 3.63) is 94.0 Å². The number of hydrogen-bond donors (Lipinski definition) is 1. The van der Waals surface area contributed by atoms with E-state index in [0.717, 1.165) is 18.4 Å². The second-order valence-corrected chi connectivity index (χ2v) is 15.9. The highest BCUT2D eigenvalue weighted by Gasteiger charge is 2.60. The van der Waals surface area contributed by atoms with Crippen LogP contribution in [-0.2, 0) is 36.6 Å². The first kappa shape index (κ1) is 29.7. The number of esters is 1. The number of fused-ring (bicyclic) bond motifs is 2. The maximum Gasteiger partial charge on any atom is 0.337 e. The molecule has 1 amide bonds. The Hall–Kier alpha value is -3.41. The number of methoxy groups -OCH3 is 1. The summed E-state index contributed by atoms with van der Waals surface area (Å²) in [6.45, 7) is 0.209. The number of halogens is 1. The number of rotatable bonds is 7. The van der Waals surface area contributed by atoms with Crippen molar-refractivity contribution in [3.63, 3.8) is 0 Å². The molecule has 3 aliphatic rings. The number of carbonyl (C=O) groups excluding carboxylic acids is 2. The molecule has 12 heteroatoms. The molecule has 3 aromatic rings. The van der Waals surface area contributed by atoms with Gasteiger partial charge in [0, 0.05) is 22.5 Å². The number of nitrogens with zero attached hydrogens (tertiary/aromatic N) is 1. The summed E-state index contributed by atoms with van der Waals surface area (Å²) in [7, 11) is -6.25. The number of nitrogens with one attached hydrogen (secondary N) is 1. The summed E-state index contributed by atoms with van der Waals surface area (Å²) in [6.07, 6.45) is 2.13. The molecule has 2 heterocycles. The Balaban J connectivity index is 1.44. The Morgan fingerprint density at radius 2 is 1.72 bits per heavy atom. The van der Waals surface area contributed by atoms with Gasteiger partial charge in [0.25, 0.3) is 15.9 Å². The molecule has 1 unspecified atom stereocenters. The van der Waals surface area contributed by atoms with Gasteiger partial charge in [0.2, 0.25) is 0 Å². The van der Waals surface area contributed by atoms with Crippen LogP contribution >= 0.6 is 11.6 Å². The molecule has 6 rings (SSSR count). The molecule has 9 nitrogen and oxygen atoms in total. The Bertz CT molecular complexity index is 1820. The Morgan fingerprint density at radius 3 is 2.40 bits per heavy atom. The highest BCUT2D eigenvalue weighted by Crippen LogP contribution is 2.59. The molecule has 1 atom stereocenters. The average molecular weight is 643 g/mol. The van der Waals surface area contributed by atoms with Gasteiger partial charge in [-0.25, -0.2) is 21.6 Å². The van der Waals surface area contributed by atoms with Crippen molar-refractivity contribution in [2.24, 2.45) is 5.92 Å². The van der Waals surface area contributed by atoms with E-state index in [1.165, 1.54) is 35.7 Å². The Morgan fingerprint density at radius 1 is 1.00 bits per heavy atom. The van der Waals surface area contributed by atoms with Crippen LogP contribution in [0.25, 0.3) is 0 Å². The van der Waals surface area contributed by atoms with E-state index in [0.29, 0.717) is 21.8 Å². The van der Waals surface area contributed by atoms with Crippen molar-refractivity contribution in [1.29, 1.82) is 0 Å². The molecule has 43 heavy (non-hydrogen) atoms. The number of carbonyl (C=O) groups is 2. The number of sulfone groups is 1. The van der Waals surface area contributed by atoms with Gasteiger partial charge in [0.1, 0.15) is 9.84 Å². The second kappa shape index (κ2) is 10.9. The first-order valence-electron chi connectivity index (χ1n) is 14.1. The lowest BCUT2D eigenvalue weighted by Gasteiger charge is -2.41. The third-order valence-corrected chi connectivity index (χ3v) is 12.7. The summed E-state index contributed by atoms with van der Waals surface area (Å²) in [4.78, 5) is 25.5. The SMILES string of the molecule is COC(=O)c1cccc(S(=O)(=O)N2c3ccc(C(=O)NCc4ccccc4Cl)cc3C3(CCS(=O)(=O)CC3)C2C2CC2)c1. The molecular formula is C31H31ClN2O7S2. The summed E-state index contributed by atoms with van der Waals surface area (Å²) in [6, 6.07) is 17.4. The van der Waals surface area contributed by atoms with Gasteiger partial charge in [0.05, 0.1) is 40.8 Å². The van der Waals surface area contributed by atoms with Gasteiger partial charge in [-0.15, -0.1) is 0 Å². The zero-order valence-corrected chi connectivity index (χ0v) is 25.8. The van der Waals surface area contributed by atoms with Gasteiger partial charge in [0.15, 0.2) is 0 Å². The minimum Gasteiger partial charge on any atom is -0.465 e. The van der Waals surface area contributed by atoms with Crippen LogP contribution < -0.4 is 9.62 Å². The van der Waals surface area contributed by atoms with E-state index < -0.39 is 37.3 Å². The zero-order valence-electron chi connectivity index (χ0n) is 23.5. The van der Waals surface area contributed by atoms with Crippen molar-refractivity contribution >= 4 is 49.0 Å². The Kier molecular flexibility index (Phi) is 7.55. The molecule has 0 bridgehead atoms. The quantitative estimate of drug-likeness (QED) is 0.376. The summed E-state index contributed by atoms with van der Waals surface area (Å²) >= 11 is 6.26. The van der Waals surface area contributed by atoms with Gasteiger partial charge >= 0.3 is 5.97 Å². The molecule has 3 aromatic carbocycles. The largest absolute Gasteiger partial charge is 0.465 e. The van der Waals surface area contributed by atoms with Crippen LogP contribution in [0.2, 0.25) is 5.02 Å². The predicted molar refractivity (Wildman–Crippen MR) is 163 cm³/mol. The lowest BCUT2D eigenvalue weighted by atomic mass is 9.70. The number of hydrogen-bond acceptors (Lipinski definition) is 7. The minimum absolute atomic E-state index is 0.0317. The van der Waals surface area contributed by atoms with Crippen LogP contribution in [0.3, 0.4) is 0 Å². The van der Waals surface area contributed by atoms with Crippen molar-refractivity contribution in [3.8, 4) is 0 Å². The van der Waals surface area contributed by atoms with Crippen LogP contribution in [0.5, 0.6) is 0 Å². The fourth-order valence-electron chi connectivity index (χ4n) is 6.54. The first-order valence-corrected chi connectivity index (χ1v) is 17.7. The molecule has 0 aromatic heterocycles. The van der Waals surface area contributed by atoms with Crippen molar-refractivity contribution in [2.75, 3.05) is 22.9 Å². The highest BCUT2D eigenvalue weighted by molar-refractivity contribution is 7.93. The second-order valence-electron chi connectivity index (χ2n) is 11.4. The van der Waals surface area contributed by atoms with Gasteiger partial charge in [-0.2, -0.15) is 0 Å². The van der Waals surface area contributed by atoms with E-state index in [2.05, 4.69) is 5.32 Å². The van der Waals surface area contributed by atoms with Crippen LogP contribution in [0.4, 0.5) is 5.69 Å². The van der Waals surface area contributed by atoms with E-state index in [1.807, 2.05) is 12.1 Å². The van der Waals surface area contributed by atoms with Crippen LogP contribution in [0, 0.1) is 5.92 Å². The Labute approximate surface area is 256 Å². The summed E-state index contributed by atoms with van der Waals surface area (Å²) in [5.41, 5.74) is 1.52. The molecule has 2 fully saturated rings. The normalized spacial score (nSPS) is 20.4. The zero-order chi connectivity index (χ0) is 30.6. The van der Waals surface area contributed by atoms with E-state index >= 15 is 0 Å². The van der Waals surface area contributed by atoms with Crippen LogP contribution in [0.1, 0.15) is 57.5 Å². The van der Waals surface area contributed by atoms with E-state index in [4.69, 9.17) is 16.3 Å². The molecule has 1 saturated heterocycles. The molecular weight excluding hydrogens is 612 g/mol. The van der Waals surface area contributed by atoms with Crippen molar-refractivity contribution < 1.29 is 31.2 Å². The average Bonchev–Trinajstić information content (AvgIpc) is 3.80. The number of amides is 1. The fourth-order valence-corrected chi connectivity index (χ4v) is 10.1. The highest BCUT2D eigenvalue weighted by atomic mass is 35.5. The van der Waals surface area contributed by atoms with Crippen LogP contribution in [0.15, 0.2) is 71.6 Å². The lowest BCUT2D eigenvalue weighted by Crippen LogP contribution is -2.52. The first-order chi connectivity index (χ1) is 20.5. The molecule has 1 aliphatic carbocycles. The lowest BCUT2D eigenvalue weighted by molar-refractivity contribution is 0.0600. The fraction of sp³-hybridized carbons (Fsp3) is 0.355. The van der Waals surface area contributed by atoms with E-state index in [1.54, 1.807) is 30.3 Å². The number of anilines is 1. The smallest absolute Gasteiger partial charge is 0.337 e. The standard InChI is InChI=1S/C31H31ClN2O7S2/c1-41-30(36)22-6-4-7-24(17-22)43(39,40)34-27-12-11-21(29(35)33-19-23-5-2-3-8-26(23)32)18-25(27)31(28(34)20-9-10-20)13-15-42(37,38)16-14-31/h2-8,11-12,17-18,20,28H,9-10,13-16,19H2,1H3,(H,33,35). The van der Waals surface area contributed by atoms with Gasteiger partial charge in [-0.1, -0.05) is 35.9 Å². The van der Waals surface area contributed by atoms with Gasteiger partial charge in [-0.3, -0.25) is 9.10 Å². The minimum atomic E-state index is -4.20. The number of benzene rings is 3.